The highest BCUT2D eigenvalue weighted by Crippen LogP contribution is 2.70. The summed E-state index contributed by atoms with van der Waals surface area (Å²) in [6.07, 6.45) is 1.10. The Morgan fingerprint density at radius 1 is 0.933 bits per heavy atom. The summed E-state index contributed by atoms with van der Waals surface area (Å²) in [4.78, 5) is 20.5. The molecule has 0 atom stereocenters. The summed E-state index contributed by atoms with van der Waals surface area (Å²) >= 11 is 0. The molecule has 1 aromatic heterocycles. The van der Waals surface area contributed by atoms with Crippen LogP contribution in [-0.2, 0) is 15.6 Å². The predicted molar refractivity (Wildman–Crippen MR) is 159 cm³/mol. The smallest absolute Gasteiger partial charge is 0.403 e. The number of benzene rings is 2. The first kappa shape index (κ1) is 29.0. The molecule has 1 amide bonds. The van der Waals surface area contributed by atoms with Crippen LogP contribution in [0.1, 0.15) is 89.3 Å². The Bertz CT molecular complexity index is 1600. The molecule has 7 saturated carbocycles. The number of aromatic nitrogens is 2. The standard InChI is InChI=1S/C35H37F4N3O3/c1-2-44-26-8-6-23(7-9-26)24-4-3-5-25(18-24)42(29(43)32-19-33(36,20-32)21-32)22-30-10-13-31(14-11-30,15-12-30)27-40-28(45-41-27)34(16-17-34)35(37,38)39/h3-9,18H,2,10-17,19-22H2,1H3. The van der Waals surface area contributed by atoms with Crippen molar-refractivity contribution in [3.8, 4) is 16.9 Å². The van der Waals surface area contributed by atoms with Crippen LogP contribution >= 0.6 is 0 Å². The zero-order chi connectivity index (χ0) is 31.3. The molecule has 0 saturated heterocycles. The van der Waals surface area contributed by atoms with Crippen LogP contribution in [0.15, 0.2) is 53.1 Å². The fraction of sp³-hybridized carbons (Fsp3) is 0.571. The summed E-state index contributed by atoms with van der Waals surface area (Å²) in [5.74, 6) is 0.911. The lowest BCUT2D eigenvalue weighted by Crippen LogP contribution is -2.71. The highest BCUT2D eigenvalue weighted by Gasteiger charge is 2.74. The average Bonchev–Trinajstić information content (AvgIpc) is 3.69. The first-order chi connectivity index (χ1) is 21.4. The Morgan fingerprint density at radius 3 is 2.18 bits per heavy atom. The van der Waals surface area contributed by atoms with Gasteiger partial charge in [-0.05, 0) is 118 Å². The van der Waals surface area contributed by atoms with Gasteiger partial charge in [0.15, 0.2) is 5.82 Å². The van der Waals surface area contributed by atoms with Crippen LogP contribution in [0.3, 0.4) is 0 Å². The number of halogens is 4. The van der Waals surface area contributed by atoms with E-state index >= 15 is 0 Å². The van der Waals surface area contributed by atoms with Crippen molar-refractivity contribution < 1.29 is 31.6 Å². The number of carbonyl (C=O) groups excluding carboxylic acids is 1. The maximum absolute atomic E-state index is 14.6. The molecule has 6 nitrogen and oxygen atoms in total. The number of anilines is 1. The second-order valence-electron chi connectivity index (χ2n) is 14.6. The molecule has 7 aliphatic carbocycles. The molecular weight excluding hydrogens is 586 g/mol. The van der Waals surface area contributed by atoms with E-state index in [0.29, 0.717) is 38.2 Å². The quantitative estimate of drug-likeness (QED) is 0.225. The monoisotopic (exact) mass is 623 g/mol. The van der Waals surface area contributed by atoms with Crippen molar-refractivity contribution in [2.75, 3.05) is 18.1 Å². The van der Waals surface area contributed by atoms with Gasteiger partial charge in [-0.1, -0.05) is 29.4 Å². The maximum atomic E-state index is 14.6. The topological polar surface area (TPSA) is 68.5 Å². The van der Waals surface area contributed by atoms with Crippen molar-refractivity contribution in [2.45, 2.75) is 100 Å². The highest BCUT2D eigenvalue weighted by atomic mass is 19.4. The molecule has 45 heavy (non-hydrogen) atoms. The lowest BCUT2D eigenvalue weighted by atomic mass is 9.41. The third kappa shape index (κ3) is 4.44. The van der Waals surface area contributed by atoms with Crippen molar-refractivity contribution in [2.24, 2.45) is 10.8 Å². The van der Waals surface area contributed by atoms with Gasteiger partial charge in [-0.25, -0.2) is 4.39 Å². The van der Waals surface area contributed by atoms with E-state index in [-0.39, 0.29) is 30.1 Å². The van der Waals surface area contributed by atoms with E-state index in [4.69, 9.17) is 9.26 Å². The van der Waals surface area contributed by atoms with Crippen LogP contribution in [-0.4, -0.2) is 41.0 Å². The van der Waals surface area contributed by atoms with Crippen LogP contribution in [0.5, 0.6) is 5.75 Å². The van der Waals surface area contributed by atoms with E-state index in [1.807, 2.05) is 60.4 Å². The third-order valence-corrected chi connectivity index (χ3v) is 11.8. The number of hydrogen-bond donors (Lipinski definition) is 0. The molecule has 0 aliphatic heterocycles. The molecule has 0 radical (unpaired) electrons. The minimum absolute atomic E-state index is 0.00680. The fourth-order valence-corrected chi connectivity index (χ4v) is 8.77. The molecule has 7 fully saturated rings. The number of amides is 1. The summed E-state index contributed by atoms with van der Waals surface area (Å²) in [5.41, 5.74) is -1.52. The summed E-state index contributed by atoms with van der Waals surface area (Å²) in [6.45, 7) is 3.07. The molecule has 0 spiro atoms. The second kappa shape index (κ2) is 9.55. The molecule has 0 unspecified atom stereocenters. The van der Waals surface area contributed by atoms with E-state index in [9.17, 15) is 22.4 Å². The number of ether oxygens (including phenoxy) is 1. The maximum Gasteiger partial charge on any atom is 0.403 e. The average molecular weight is 624 g/mol. The predicted octanol–water partition coefficient (Wildman–Crippen LogP) is 8.25. The Balaban J connectivity index is 1.04. The van der Waals surface area contributed by atoms with Gasteiger partial charge in [0.2, 0.25) is 11.8 Å². The second-order valence-corrected chi connectivity index (χ2v) is 14.6. The van der Waals surface area contributed by atoms with E-state index in [1.54, 1.807) is 0 Å². The van der Waals surface area contributed by atoms with Gasteiger partial charge in [-0.15, -0.1) is 0 Å². The third-order valence-electron chi connectivity index (χ3n) is 11.8. The number of hydrogen-bond acceptors (Lipinski definition) is 5. The van der Waals surface area contributed by atoms with Gasteiger partial charge in [-0.3, -0.25) is 4.79 Å². The Kier molecular flexibility index (Phi) is 6.15. The van der Waals surface area contributed by atoms with E-state index in [0.717, 1.165) is 61.1 Å². The van der Waals surface area contributed by atoms with Crippen molar-refractivity contribution in [1.29, 1.82) is 0 Å². The number of rotatable bonds is 9. The summed E-state index contributed by atoms with van der Waals surface area (Å²) in [6, 6.07) is 15.9. The van der Waals surface area contributed by atoms with Crippen LogP contribution in [0.2, 0.25) is 0 Å². The minimum atomic E-state index is -4.40. The first-order valence-electron chi connectivity index (χ1n) is 16.2. The Hall–Kier alpha value is -3.43. The SMILES string of the molecule is CCOc1ccc(-c2cccc(N(CC34CCC(c5noc(C6(C(F)(F)F)CC6)n5)(CC3)CC4)C(=O)C34CC(F)(C3)C4)c2)cc1. The Labute approximate surface area is 259 Å². The molecule has 1 heterocycles. The normalized spacial score (nSPS) is 32.4. The van der Waals surface area contributed by atoms with Crippen molar-refractivity contribution in [1.82, 2.24) is 10.1 Å². The largest absolute Gasteiger partial charge is 0.494 e. The van der Waals surface area contributed by atoms with Crippen molar-refractivity contribution in [3.63, 3.8) is 0 Å². The first-order valence-corrected chi connectivity index (χ1v) is 16.2. The minimum Gasteiger partial charge on any atom is -0.494 e. The van der Waals surface area contributed by atoms with Gasteiger partial charge in [-0.2, -0.15) is 18.2 Å². The van der Waals surface area contributed by atoms with Gasteiger partial charge in [0, 0.05) is 17.6 Å². The number of fused-ring (bicyclic) bond motifs is 3. The number of alkyl halides is 4. The summed E-state index contributed by atoms with van der Waals surface area (Å²) in [7, 11) is 0. The van der Waals surface area contributed by atoms with E-state index < -0.39 is 28.1 Å². The summed E-state index contributed by atoms with van der Waals surface area (Å²) < 4.78 is 66.6. The lowest BCUT2D eigenvalue weighted by Gasteiger charge is -2.65. The summed E-state index contributed by atoms with van der Waals surface area (Å²) in [5, 5.41) is 4.11. The number of nitrogens with zero attached hydrogens (tertiary/aromatic N) is 3. The molecule has 10 heteroatoms. The van der Waals surface area contributed by atoms with E-state index in [1.165, 1.54) is 0 Å². The zero-order valence-corrected chi connectivity index (χ0v) is 25.4. The molecule has 4 bridgehead atoms. The number of carbonyl (C=O) groups is 1. The molecule has 2 aromatic carbocycles. The van der Waals surface area contributed by atoms with E-state index in [2.05, 4.69) is 10.1 Å². The molecule has 0 N–H and O–H groups in total. The highest BCUT2D eigenvalue weighted by molar-refractivity contribution is 6.00. The van der Waals surface area contributed by atoms with Crippen LogP contribution < -0.4 is 9.64 Å². The molecule has 10 rings (SSSR count). The van der Waals surface area contributed by atoms with Gasteiger partial charge >= 0.3 is 6.18 Å². The molecule has 7 aliphatic rings. The zero-order valence-electron chi connectivity index (χ0n) is 25.4. The van der Waals surface area contributed by atoms with Crippen LogP contribution in [0.4, 0.5) is 23.2 Å². The lowest BCUT2D eigenvalue weighted by molar-refractivity contribution is -0.211. The van der Waals surface area contributed by atoms with Gasteiger partial charge in [0.1, 0.15) is 16.8 Å². The fourth-order valence-electron chi connectivity index (χ4n) is 8.77. The van der Waals surface area contributed by atoms with Gasteiger partial charge < -0.3 is 14.2 Å². The molecular formula is C35H37F4N3O3. The van der Waals surface area contributed by atoms with Gasteiger partial charge in [0.05, 0.1) is 12.0 Å². The van der Waals surface area contributed by atoms with Crippen LogP contribution in [0.25, 0.3) is 11.1 Å². The van der Waals surface area contributed by atoms with Crippen molar-refractivity contribution in [3.05, 3.63) is 60.2 Å². The molecule has 238 valence electrons. The van der Waals surface area contributed by atoms with Gasteiger partial charge in [0.25, 0.3) is 0 Å². The van der Waals surface area contributed by atoms with Crippen LogP contribution in [0, 0.1) is 10.8 Å². The van der Waals surface area contributed by atoms with Crippen molar-refractivity contribution >= 4 is 11.6 Å². The Morgan fingerprint density at radius 2 is 1.60 bits per heavy atom. The molecule has 3 aromatic rings.